The van der Waals surface area contributed by atoms with Crippen LogP contribution in [-0.4, -0.2) is 4.98 Å². The SMILES string of the molecule is Nc1cc(Br)ccc1COc1cccc2cccnc12. The fourth-order valence-corrected chi connectivity index (χ4v) is 2.42. The van der Waals surface area contributed by atoms with Crippen molar-refractivity contribution >= 4 is 32.5 Å². The third-order valence-electron chi connectivity index (χ3n) is 3.09. The third kappa shape index (κ3) is 2.60. The van der Waals surface area contributed by atoms with Crippen LogP contribution in [0, 0.1) is 0 Å². The van der Waals surface area contributed by atoms with Crippen LogP contribution in [0.5, 0.6) is 5.75 Å². The van der Waals surface area contributed by atoms with Crippen LogP contribution in [-0.2, 0) is 6.61 Å². The van der Waals surface area contributed by atoms with Crippen LogP contribution in [0.3, 0.4) is 0 Å². The van der Waals surface area contributed by atoms with Crippen molar-refractivity contribution in [3.8, 4) is 5.75 Å². The molecule has 0 aliphatic heterocycles. The lowest BCUT2D eigenvalue weighted by atomic mass is 10.2. The van der Waals surface area contributed by atoms with Crippen molar-refractivity contribution in [3.05, 3.63) is 64.8 Å². The largest absolute Gasteiger partial charge is 0.487 e. The summed E-state index contributed by atoms with van der Waals surface area (Å²) in [6, 6.07) is 15.6. The van der Waals surface area contributed by atoms with E-state index >= 15 is 0 Å². The second kappa shape index (κ2) is 5.51. The van der Waals surface area contributed by atoms with Gasteiger partial charge in [0.2, 0.25) is 0 Å². The minimum atomic E-state index is 0.425. The van der Waals surface area contributed by atoms with E-state index in [0.29, 0.717) is 12.3 Å². The maximum atomic E-state index is 5.97. The van der Waals surface area contributed by atoms with Gasteiger partial charge in [-0.15, -0.1) is 0 Å². The van der Waals surface area contributed by atoms with Gasteiger partial charge in [-0.3, -0.25) is 4.98 Å². The minimum Gasteiger partial charge on any atom is -0.487 e. The lowest BCUT2D eigenvalue weighted by Crippen LogP contribution is -2.00. The maximum Gasteiger partial charge on any atom is 0.146 e. The first kappa shape index (κ1) is 12.9. The number of nitrogens with two attached hydrogens (primary N) is 1. The van der Waals surface area contributed by atoms with Gasteiger partial charge in [0.15, 0.2) is 0 Å². The summed E-state index contributed by atoms with van der Waals surface area (Å²) >= 11 is 3.39. The Morgan fingerprint density at radius 1 is 1.10 bits per heavy atom. The molecule has 0 atom stereocenters. The molecule has 0 radical (unpaired) electrons. The normalized spacial score (nSPS) is 10.7. The van der Waals surface area contributed by atoms with Gasteiger partial charge in [-0.1, -0.05) is 40.2 Å². The van der Waals surface area contributed by atoms with E-state index < -0.39 is 0 Å². The number of halogens is 1. The van der Waals surface area contributed by atoms with Gasteiger partial charge >= 0.3 is 0 Å². The number of aromatic nitrogens is 1. The highest BCUT2D eigenvalue weighted by atomic mass is 79.9. The first-order valence-corrected chi connectivity index (χ1v) is 7.04. The van der Waals surface area contributed by atoms with Crippen LogP contribution < -0.4 is 10.5 Å². The molecule has 0 bridgehead atoms. The van der Waals surface area contributed by atoms with Gasteiger partial charge in [0.25, 0.3) is 0 Å². The number of nitrogens with zero attached hydrogens (tertiary/aromatic N) is 1. The predicted molar refractivity (Wildman–Crippen MR) is 84.6 cm³/mol. The van der Waals surface area contributed by atoms with E-state index in [-0.39, 0.29) is 0 Å². The molecule has 0 aliphatic carbocycles. The average molecular weight is 329 g/mol. The van der Waals surface area contributed by atoms with E-state index in [2.05, 4.69) is 20.9 Å². The number of para-hydroxylation sites is 1. The van der Waals surface area contributed by atoms with Gasteiger partial charge in [0.05, 0.1) is 0 Å². The first-order valence-electron chi connectivity index (χ1n) is 6.24. The Balaban J connectivity index is 1.87. The number of pyridine rings is 1. The van der Waals surface area contributed by atoms with Crippen molar-refractivity contribution in [1.82, 2.24) is 4.98 Å². The van der Waals surface area contributed by atoms with Crippen LogP contribution in [0.1, 0.15) is 5.56 Å². The monoisotopic (exact) mass is 328 g/mol. The van der Waals surface area contributed by atoms with E-state index in [1.54, 1.807) is 6.20 Å². The molecule has 1 heterocycles. The van der Waals surface area contributed by atoms with Crippen molar-refractivity contribution < 1.29 is 4.74 Å². The zero-order valence-corrected chi connectivity index (χ0v) is 12.3. The van der Waals surface area contributed by atoms with Gasteiger partial charge in [-0.05, 0) is 24.3 Å². The third-order valence-corrected chi connectivity index (χ3v) is 3.58. The topological polar surface area (TPSA) is 48.1 Å². The summed E-state index contributed by atoms with van der Waals surface area (Å²) in [7, 11) is 0. The quantitative estimate of drug-likeness (QED) is 0.734. The molecule has 3 nitrogen and oxygen atoms in total. The first-order chi connectivity index (χ1) is 9.74. The molecule has 3 aromatic rings. The number of fused-ring (bicyclic) bond motifs is 1. The highest BCUT2D eigenvalue weighted by Crippen LogP contribution is 2.25. The highest BCUT2D eigenvalue weighted by molar-refractivity contribution is 9.10. The number of rotatable bonds is 3. The molecule has 0 amide bonds. The lowest BCUT2D eigenvalue weighted by Gasteiger charge is -2.10. The number of benzene rings is 2. The Morgan fingerprint density at radius 3 is 2.80 bits per heavy atom. The standard InChI is InChI=1S/C16H13BrN2O/c17-13-7-6-12(14(18)9-13)10-20-15-5-1-3-11-4-2-8-19-16(11)15/h1-9H,10,18H2. The fourth-order valence-electron chi connectivity index (χ4n) is 2.05. The summed E-state index contributed by atoms with van der Waals surface area (Å²) in [5, 5.41) is 1.06. The van der Waals surface area contributed by atoms with Crippen LogP contribution in [0.25, 0.3) is 10.9 Å². The van der Waals surface area contributed by atoms with E-state index in [1.165, 1.54) is 0 Å². The molecule has 0 aliphatic rings. The summed E-state index contributed by atoms with van der Waals surface area (Å²) in [4.78, 5) is 4.37. The Hall–Kier alpha value is -2.07. The summed E-state index contributed by atoms with van der Waals surface area (Å²) in [6.07, 6.45) is 1.77. The molecule has 100 valence electrons. The van der Waals surface area contributed by atoms with Gasteiger partial charge in [-0.25, -0.2) is 0 Å². The van der Waals surface area contributed by atoms with Gasteiger partial charge in [0.1, 0.15) is 17.9 Å². The van der Waals surface area contributed by atoms with Crippen LogP contribution >= 0.6 is 15.9 Å². The molecule has 1 aromatic heterocycles. The number of hydrogen-bond acceptors (Lipinski definition) is 3. The van der Waals surface area contributed by atoms with E-state index in [4.69, 9.17) is 10.5 Å². The number of hydrogen-bond donors (Lipinski definition) is 1. The molecule has 20 heavy (non-hydrogen) atoms. The van der Waals surface area contributed by atoms with Gasteiger partial charge in [-0.2, -0.15) is 0 Å². The van der Waals surface area contributed by atoms with E-state index in [9.17, 15) is 0 Å². The Bertz CT molecular complexity index is 753. The summed E-state index contributed by atoms with van der Waals surface area (Å²) < 4.78 is 6.83. The van der Waals surface area contributed by atoms with Gasteiger partial charge in [0, 0.05) is 27.3 Å². The summed E-state index contributed by atoms with van der Waals surface area (Å²) in [6.45, 7) is 0.425. The second-order valence-corrected chi connectivity index (χ2v) is 5.38. The van der Waals surface area contributed by atoms with Crippen LogP contribution in [0.2, 0.25) is 0 Å². The molecule has 4 heteroatoms. The zero-order chi connectivity index (χ0) is 13.9. The van der Waals surface area contributed by atoms with Crippen molar-refractivity contribution in [2.45, 2.75) is 6.61 Å². The second-order valence-electron chi connectivity index (χ2n) is 4.46. The summed E-state index contributed by atoms with van der Waals surface area (Å²) in [5.41, 5.74) is 8.51. The maximum absolute atomic E-state index is 5.97. The number of ether oxygens (including phenoxy) is 1. The Kier molecular flexibility index (Phi) is 3.56. The number of anilines is 1. The zero-order valence-electron chi connectivity index (χ0n) is 10.7. The summed E-state index contributed by atoms with van der Waals surface area (Å²) in [5.74, 6) is 0.769. The van der Waals surface area contributed by atoms with Crippen LogP contribution in [0.15, 0.2) is 59.2 Å². The van der Waals surface area contributed by atoms with Crippen molar-refractivity contribution in [2.24, 2.45) is 0 Å². The molecule has 0 spiro atoms. The molecular formula is C16H13BrN2O. The van der Waals surface area contributed by atoms with Crippen molar-refractivity contribution in [1.29, 1.82) is 0 Å². The molecule has 0 saturated carbocycles. The smallest absolute Gasteiger partial charge is 0.146 e. The lowest BCUT2D eigenvalue weighted by molar-refractivity contribution is 0.310. The van der Waals surface area contributed by atoms with Crippen molar-refractivity contribution in [3.63, 3.8) is 0 Å². The number of nitrogen functional groups attached to an aromatic ring is 1. The van der Waals surface area contributed by atoms with E-state index in [1.807, 2.05) is 48.5 Å². The van der Waals surface area contributed by atoms with E-state index in [0.717, 1.165) is 26.7 Å². The minimum absolute atomic E-state index is 0.425. The molecule has 0 saturated heterocycles. The highest BCUT2D eigenvalue weighted by Gasteiger charge is 2.05. The molecule has 0 fully saturated rings. The molecule has 0 unspecified atom stereocenters. The average Bonchev–Trinajstić information content (AvgIpc) is 2.46. The van der Waals surface area contributed by atoms with Crippen LogP contribution in [0.4, 0.5) is 5.69 Å². The molecule has 2 aromatic carbocycles. The predicted octanol–water partition coefficient (Wildman–Crippen LogP) is 4.16. The molecular weight excluding hydrogens is 316 g/mol. The molecule has 2 N–H and O–H groups in total. The van der Waals surface area contributed by atoms with Gasteiger partial charge < -0.3 is 10.5 Å². The Morgan fingerprint density at radius 2 is 1.95 bits per heavy atom. The fraction of sp³-hybridized carbons (Fsp3) is 0.0625. The Labute approximate surface area is 125 Å². The molecule has 3 rings (SSSR count). The van der Waals surface area contributed by atoms with Crippen molar-refractivity contribution in [2.75, 3.05) is 5.73 Å².